The minimum absolute atomic E-state index is 0.440. The molecule has 0 unspecified atom stereocenters. The Morgan fingerprint density at radius 1 is 0.815 bits per heavy atom. The summed E-state index contributed by atoms with van der Waals surface area (Å²) in [6.45, 7) is 4.33. The van der Waals surface area contributed by atoms with Gasteiger partial charge >= 0.3 is 0 Å². The lowest BCUT2D eigenvalue weighted by atomic mass is 10.0. The van der Waals surface area contributed by atoms with Gasteiger partial charge in [0.15, 0.2) is 0 Å². The Morgan fingerprint density at radius 3 is 2.15 bits per heavy atom. The maximum Gasteiger partial charge on any atom is 0.222 e. The zero-order valence-electron chi connectivity index (χ0n) is 15.6. The molecule has 27 heavy (non-hydrogen) atoms. The third-order valence-electron chi connectivity index (χ3n) is 3.90. The second-order valence-electron chi connectivity index (χ2n) is 6.35. The van der Waals surface area contributed by atoms with E-state index in [1.54, 1.807) is 12.3 Å². The van der Waals surface area contributed by atoms with Gasteiger partial charge in [-0.3, -0.25) is 0 Å². The summed E-state index contributed by atoms with van der Waals surface area (Å²) in [7, 11) is 0. The number of nitrogens with zero attached hydrogens (tertiary/aromatic N) is 1. The Morgan fingerprint density at radius 2 is 1.48 bits per heavy atom. The summed E-state index contributed by atoms with van der Waals surface area (Å²) in [4.78, 5) is 4.66. The summed E-state index contributed by atoms with van der Waals surface area (Å²) >= 11 is 0. The minimum atomic E-state index is 0.440. The maximum absolute atomic E-state index is 5.94. The van der Waals surface area contributed by atoms with Gasteiger partial charge in [0, 0.05) is 6.08 Å². The molecule has 0 spiro atoms. The van der Waals surface area contributed by atoms with Crippen LogP contribution in [0.5, 0.6) is 11.5 Å². The normalized spacial score (nSPS) is 11.7. The van der Waals surface area contributed by atoms with Crippen molar-refractivity contribution in [1.82, 2.24) is 0 Å². The smallest absolute Gasteiger partial charge is 0.222 e. The number of rotatable bonds is 6. The van der Waals surface area contributed by atoms with Gasteiger partial charge < -0.3 is 9.47 Å². The van der Waals surface area contributed by atoms with Crippen molar-refractivity contribution in [2.75, 3.05) is 0 Å². The highest BCUT2D eigenvalue weighted by Gasteiger charge is 2.03. The summed E-state index contributed by atoms with van der Waals surface area (Å²) in [5.74, 6) is 2.38. The van der Waals surface area contributed by atoms with Crippen molar-refractivity contribution >= 4 is 11.6 Å². The Hall–Kier alpha value is -3.33. The molecule has 3 nitrogen and oxygen atoms in total. The van der Waals surface area contributed by atoms with Crippen molar-refractivity contribution in [3.05, 3.63) is 103 Å². The van der Waals surface area contributed by atoms with Crippen molar-refractivity contribution in [2.45, 2.75) is 19.8 Å². The van der Waals surface area contributed by atoms with Crippen LogP contribution in [0.4, 0.5) is 5.69 Å². The number of ether oxygens (including phenoxy) is 2. The molecule has 0 saturated carbocycles. The molecule has 3 aromatic rings. The first-order chi connectivity index (χ1) is 13.2. The third-order valence-corrected chi connectivity index (χ3v) is 3.90. The summed E-state index contributed by atoms with van der Waals surface area (Å²) in [6.07, 6.45) is 3.31. The third kappa shape index (κ3) is 5.86. The van der Waals surface area contributed by atoms with Crippen LogP contribution in [0.2, 0.25) is 0 Å². The van der Waals surface area contributed by atoms with Crippen LogP contribution in [0.15, 0.2) is 102 Å². The fraction of sp³-hybridized carbons (Fsp3) is 0.125. The van der Waals surface area contributed by atoms with Crippen LogP contribution >= 0.6 is 0 Å². The number of hydrogen-bond donors (Lipinski definition) is 0. The van der Waals surface area contributed by atoms with Crippen LogP contribution in [-0.4, -0.2) is 5.90 Å². The van der Waals surface area contributed by atoms with Gasteiger partial charge in [-0.15, -0.1) is 0 Å². The van der Waals surface area contributed by atoms with E-state index in [1.165, 1.54) is 5.56 Å². The lowest BCUT2D eigenvalue weighted by molar-refractivity contribution is 0.479. The summed E-state index contributed by atoms with van der Waals surface area (Å²) in [6, 6.07) is 27.3. The molecule has 0 amide bonds. The van der Waals surface area contributed by atoms with E-state index in [9.17, 15) is 0 Å². The van der Waals surface area contributed by atoms with Gasteiger partial charge in [-0.05, 0) is 47.9 Å². The van der Waals surface area contributed by atoms with Gasteiger partial charge in [0.1, 0.15) is 11.5 Å². The quantitative estimate of drug-likeness (QED) is 0.286. The lowest BCUT2D eigenvalue weighted by Crippen LogP contribution is -2.05. The molecule has 0 fully saturated rings. The first-order valence-electron chi connectivity index (χ1n) is 9.00. The van der Waals surface area contributed by atoms with Gasteiger partial charge in [-0.2, -0.15) is 0 Å². The van der Waals surface area contributed by atoms with Crippen LogP contribution in [0.25, 0.3) is 0 Å². The van der Waals surface area contributed by atoms with Crippen molar-refractivity contribution in [1.29, 1.82) is 0 Å². The van der Waals surface area contributed by atoms with Gasteiger partial charge in [0.2, 0.25) is 5.90 Å². The molecule has 0 aliphatic rings. The maximum atomic E-state index is 5.94. The molecule has 0 heterocycles. The monoisotopic (exact) mass is 357 g/mol. The highest BCUT2D eigenvalue weighted by molar-refractivity contribution is 5.91. The summed E-state index contributed by atoms with van der Waals surface area (Å²) in [5, 5.41) is 0. The zero-order chi connectivity index (χ0) is 18.9. The second-order valence-corrected chi connectivity index (χ2v) is 6.35. The SMILES string of the molecule is CC(C)c1cccc(N=C(C=COc2ccccc2)Oc2ccccc2)c1. The molecule has 3 rings (SSSR count). The molecule has 0 bridgehead atoms. The minimum Gasteiger partial charge on any atom is -0.465 e. The topological polar surface area (TPSA) is 30.8 Å². The predicted octanol–water partition coefficient (Wildman–Crippen LogP) is 6.51. The van der Waals surface area contributed by atoms with E-state index in [-0.39, 0.29) is 0 Å². The van der Waals surface area contributed by atoms with E-state index in [4.69, 9.17) is 9.47 Å². The first kappa shape index (κ1) is 18.5. The van der Waals surface area contributed by atoms with E-state index in [0.29, 0.717) is 11.8 Å². The molecule has 3 aromatic carbocycles. The molecule has 0 aromatic heterocycles. The van der Waals surface area contributed by atoms with Crippen LogP contribution in [0.3, 0.4) is 0 Å². The standard InChI is InChI=1S/C24H23NO2/c1-19(2)20-10-9-11-21(18-20)25-24(27-23-14-7-4-8-15-23)16-17-26-22-12-5-3-6-13-22/h3-19H,1-2H3. The number of para-hydroxylation sites is 2. The van der Waals surface area contributed by atoms with Crippen molar-refractivity contribution in [2.24, 2.45) is 4.99 Å². The Bertz CT molecular complexity index is 900. The molecule has 0 aliphatic heterocycles. The Balaban J connectivity index is 1.83. The number of aliphatic imine (C=N–C) groups is 1. The second kappa shape index (κ2) is 9.39. The summed E-state index contributed by atoms with van der Waals surface area (Å²) < 4.78 is 11.6. The first-order valence-corrected chi connectivity index (χ1v) is 9.00. The van der Waals surface area contributed by atoms with E-state index >= 15 is 0 Å². The summed E-state index contributed by atoms with van der Waals surface area (Å²) in [5.41, 5.74) is 2.08. The van der Waals surface area contributed by atoms with Gasteiger partial charge in [0.05, 0.1) is 11.9 Å². The average molecular weight is 357 g/mol. The molecule has 0 N–H and O–H groups in total. The molecule has 0 aliphatic carbocycles. The number of benzene rings is 3. The zero-order valence-corrected chi connectivity index (χ0v) is 15.6. The highest BCUT2D eigenvalue weighted by Crippen LogP contribution is 2.21. The van der Waals surface area contributed by atoms with Crippen molar-refractivity contribution < 1.29 is 9.47 Å². The van der Waals surface area contributed by atoms with Crippen LogP contribution in [0.1, 0.15) is 25.3 Å². The van der Waals surface area contributed by atoms with Gasteiger partial charge in [-0.25, -0.2) is 4.99 Å². The molecule has 0 atom stereocenters. The van der Waals surface area contributed by atoms with Crippen LogP contribution < -0.4 is 9.47 Å². The average Bonchev–Trinajstić information content (AvgIpc) is 2.70. The molecular formula is C24H23NO2. The number of hydrogen-bond acceptors (Lipinski definition) is 3. The Labute approximate surface area is 160 Å². The molecular weight excluding hydrogens is 334 g/mol. The van der Waals surface area contributed by atoms with Crippen LogP contribution in [0, 0.1) is 0 Å². The van der Waals surface area contributed by atoms with E-state index in [0.717, 1.165) is 17.2 Å². The van der Waals surface area contributed by atoms with Crippen molar-refractivity contribution in [3.63, 3.8) is 0 Å². The van der Waals surface area contributed by atoms with Gasteiger partial charge in [0.25, 0.3) is 0 Å². The fourth-order valence-electron chi connectivity index (χ4n) is 2.45. The Kier molecular flexibility index (Phi) is 6.42. The highest BCUT2D eigenvalue weighted by atomic mass is 16.5. The fourth-order valence-corrected chi connectivity index (χ4v) is 2.45. The van der Waals surface area contributed by atoms with Crippen molar-refractivity contribution in [3.8, 4) is 11.5 Å². The largest absolute Gasteiger partial charge is 0.465 e. The van der Waals surface area contributed by atoms with E-state index in [2.05, 4.69) is 31.0 Å². The molecule has 136 valence electrons. The van der Waals surface area contributed by atoms with Crippen LogP contribution in [-0.2, 0) is 0 Å². The van der Waals surface area contributed by atoms with E-state index < -0.39 is 0 Å². The molecule has 3 heteroatoms. The molecule has 0 radical (unpaired) electrons. The van der Waals surface area contributed by atoms with Gasteiger partial charge in [-0.1, -0.05) is 62.4 Å². The predicted molar refractivity (Wildman–Crippen MR) is 111 cm³/mol. The molecule has 0 saturated heterocycles. The van der Waals surface area contributed by atoms with E-state index in [1.807, 2.05) is 72.8 Å². The lowest BCUT2D eigenvalue weighted by Gasteiger charge is -2.08.